The molecule has 0 aliphatic carbocycles. The van der Waals surface area contributed by atoms with Gasteiger partial charge in [-0.3, -0.25) is 0 Å². The van der Waals surface area contributed by atoms with Crippen LogP contribution in [0.2, 0.25) is 0 Å². The van der Waals surface area contributed by atoms with Gasteiger partial charge in [-0.2, -0.15) is 0 Å². The van der Waals surface area contributed by atoms with Crippen LogP contribution in [0.1, 0.15) is 17.3 Å². The lowest BCUT2D eigenvalue weighted by atomic mass is 10.1. The summed E-state index contributed by atoms with van der Waals surface area (Å²) >= 11 is 0. The van der Waals surface area contributed by atoms with Gasteiger partial charge in [-0.1, -0.05) is 53.7 Å². The first kappa shape index (κ1) is 16.7. The van der Waals surface area contributed by atoms with E-state index in [1.807, 2.05) is 60.7 Å². The van der Waals surface area contributed by atoms with Gasteiger partial charge < -0.3 is 15.7 Å². The minimum atomic E-state index is -0.457. The van der Waals surface area contributed by atoms with Gasteiger partial charge >= 0.3 is 6.03 Å². The molecular weight excluding hydrogens is 318 g/mol. The third kappa shape index (κ3) is 4.42. The Labute approximate surface area is 145 Å². The topological polar surface area (TPSA) is 92.1 Å². The zero-order valence-electron chi connectivity index (χ0n) is 13.5. The van der Waals surface area contributed by atoms with E-state index in [1.54, 1.807) is 10.9 Å². The average Bonchev–Trinajstić information content (AvgIpc) is 3.15. The predicted octanol–water partition coefficient (Wildman–Crippen LogP) is 1.80. The Morgan fingerprint density at radius 2 is 1.76 bits per heavy atom. The van der Waals surface area contributed by atoms with Crippen molar-refractivity contribution in [1.29, 1.82) is 0 Å². The molecule has 2 aromatic carbocycles. The number of carbonyl (C=O) groups excluding carboxylic acids is 1. The molecule has 1 atom stereocenters. The molecule has 0 spiro atoms. The number of nitrogens with zero attached hydrogens (tertiary/aromatic N) is 3. The highest BCUT2D eigenvalue weighted by Gasteiger charge is 2.13. The zero-order chi connectivity index (χ0) is 17.5. The summed E-state index contributed by atoms with van der Waals surface area (Å²) in [5.41, 5.74) is 2.38. The molecule has 3 aromatic rings. The summed E-state index contributed by atoms with van der Waals surface area (Å²) in [5.74, 6) is 0. The summed E-state index contributed by atoms with van der Waals surface area (Å²) in [4.78, 5) is 12.0. The smallest absolute Gasteiger partial charge is 0.315 e. The Bertz CT molecular complexity index is 805. The number of rotatable bonds is 6. The third-order valence-electron chi connectivity index (χ3n) is 3.68. The number of aliphatic hydroxyl groups excluding tert-OH is 1. The number of amides is 2. The van der Waals surface area contributed by atoms with Gasteiger partial charge in [0, 0.05) is 0 Å². The quantitative estimate of drug-likeness (QED) is 0.639. The number of nitrogens with one attached hydrogen (secondary N) is 2. The van der Waals surface area contributed by atoms with Crippen LogP contribution in [0, 0.1) is 0 Å². The fourth-order valence-corrected chi connectivity index (χ4v) is 2.39. The van der Waals surface area contributed by atoms with Crippen LogP contribution in [0.15, 0.2) is 66.9 Å². The van der Waals surface area contributed by atoms with Crippen molar-refractivity contribution in [3.8, 4) is 5.69 Å². The highest BCUT2D eigenvalue weighted by molar-refractivity contribution is 5.74. The van der Waals surface area contributed by atoms with E-state index in [0.29, 0.717) is 5.69 Å². The highest BCUT2D eigenvalue weighted by Crippen LogP contribution is 2.11. The van der Waals surface area contributed by atoms with Crippen molar-refractivity contribution in [1.82, 2.24) is 25.6 Å². The van der Waals surface area contributed by atoms with Gasteiger partial charge in [0.05, 0.1) is 31.1 Å². The first-order valence-electron chi connectivity index (χ1n) is 7.93. The number of carbonyl (C=O) groups is 1. The molecule has 0 fully saturated rings. The molecule has 0 saturated heterocycles. The van der Waals surface area contributed by atoms with Crippen molar-refractivity contribution < 1.29 is 9.90 Å². The summed E-state index contributed by atoms with van der Waals surface area (Å²) in [5, 5.41) is 23.0. The highest BCUT2D eigenvalue weighted by atomic mass is 16.3. The van der Waals surface area contributed by atoms with Gasteiger partial charge in [0.1, 0.15) is 5.69 Å². The molecule has 1 heterocycles. The Kier molecular flexibility index (Phi) is 5.38. The summed E-state index contributed by atoms with van der Waals surface area (Å²) in [6.45, 7) is 0.0627. The molecule has 0 unspecified atom stereocenters. The second-order valence-electron chi connectivity index (χ2n) is 5.46. The number of aromatic nitrogens is 3. The Morgan fingerprint density at radius 1 is 1.08 bits per heavy atom. The van der Waals surface area contributed by atoms with E-state index < -0.39 is 6.04 Å². The van der Waals surface area contributed by atoms with Crippen molar-refractivity contribution in [3.63, 3.8) is 0 Å². The van der Waals surface area contributed by atoms with Crippen LogP contribution in [0.4, 0.5) is 4.79 Å². The van der Waals surface area contributed by atoms with Crippen LogP contribution in [0.25, 0.3) is 5.69 Å². The van der Waals surface area contributed by atoms with Gasteiger partial charge in [-0.05, 0) is 17.7 Å². The first-order valence-corrected chi connectivity index (χ1v) is 7.93. The average molecular weight is 337 g/mol. The van der Waals surface area contributed by atoms with E-state index in [9.17, 15) is 9.90 Å². The minimum absolute atomic E-state index is 0.179. The fourth-order valence-electron chi connectivity index (χ4n) is 2.39. The molecule has 2 amide bonds. The summed E-state index contributed by atoms with van der Waals surface area (Å²) in [6, 6.07) is 18.1. The van der Waals surface area contributed by atoms with Crippen LogP contribution in [-0.2, 0) is 6.54 Å². The molecular formula is C18H19N5O2. The van der Waals surface area contributed by atoms with Crippen LogP contribution in [-0.4, -0.2) is 32.7 Å². The molecule has 0 radical (unpaired) electrons. The maximum Gasteiger partial charge on any atom is 0.315 e. The van der Waals surface area contributed by atoms with Crippen LogP contribution in [0.3, 0.4) is 0 Å². The summed E-state index contributed by atoms with van der Waals surface area (Å²) < 4.78 is 1.65. The lowest BCUT2D eigenvalue weighted by Crippen LogP contribution is -2.38. The van der Waals surface area contributed by atoms with E-state index in [0.717, 1.165) is 11.3 Å². The number of urea groups is 1. The number of para-hydroxylation sites is 1. The summed E-state index contributed by atoms with van der Waals surface area (Å²) in [7, 11) is 0. The van der Waals surface area contributed by atoms with Crippen molar-refractivity contribution in [3.05, 3.63) is 78.1 Å². The molecule has 0 aliphatic rings. The number of aliphatic hydroxyl groups is 1. The lowest BCUT2D eigenvalue weighted by molar-refractivity contribution is 0.216. The molecule has 0 aliphatic heterocycles. The predicted molar refractivity (Wildman–Crippen MR) is 93.0 cm³/mol. The number of hydrogen-bond donors (Lipinski definition) is 3. The molecule has 25 heavy (non-hydrogen) atoms. The van der Waals surface area contributed by atoms with Crippen LogP contribution in [0.5, 0.6) is 0 Å². The summed E-state index contributed by atoms with van der Waals surface area (Å²) in [6.07, 6.45) is 1.76. The van der Waals surface area contributed by atoms with E-state index in [2.05, 4.69) is 20.9 Å². The van der Waals surface area contributed by atoms with E-state index in [-0.39, 0.29) is 19.2 Å². The van der Waals surface area contributed by atoms with Gasteiger partial charge in [0.25, 0.3) is 0 Å². The zero-order valence-corrected chi connectivity index (χ0v) is 13.5. The maximum absolute atomic E-state index is 12.0. The molecule has 1 aromatic heterocycles. The Hall–Kier alpha value is -3.19. The van der Waals surface area contributed by atoms with Gasteiger partial charge in [0.15, 0.2) is 0 Å². The third-order valence-corrected chi connectivity index (χ3v) is 3.68. The van der Waals surface area contributed by atoms with Gasteiger partial charge in [-0.25, -0.2) is 9.48 Å². The molecule has 3 N–H and O–H groups in total. The molecule has 0 bridgehead atoms. The fraction of sp³-hybridized carbons (Fsp3) is 0.167. The molecule has 7 heteroatoms. The van der Waals surface area contributed by atoms with Crippen molar-refractivity contribution in [2.45, 2.75) is 12.6 Å². The molecule has 0 saturated carbocycles. The molecule has 7 nitrogen and oxygen atoms in total. The number of benzene rings is 2. The van der Waals surface area contributed by atoms with E-state index in [1.165, 1.54) is 0 Å². The monoisotopic (exact) mass is 337 g/mol. The van der Waals surface area contributed by atoms with Crippen molar-refractivity contribution in [2.75, 3.05) is 6.61 Å². The lowest BCUT2D eigenvalue weighted by Gasteiger charge is -2.16. The van der Waals surface area contributed by atoms with Crippen molar-refractivity contribution >= 4 is 6.03 Å². The van der Waals surface area contributed by atoms with Gasteiger partial charge in [0.2, 0.25) is 0 Å². The number of hydrogen-bond acceptors (Lipinski definition) is 4. The SMILES string of the molecule is O=C(NCc1cn(-c2ccccc2)nn1)N[C@H](CO)c1ccccc1. The molecule has 128 valence electrons. The minimum Gasteiger partial charge on any atom is -0.394 e. The van der Waals surface area contributed by atoms with E-state index >= 15 is 0 Å². The van der Waals surface area contributed by atoms with Crippen molar-refractivity contribution in [2.24, 2.45) is 0 Å². The Morgan fingerprint density at radius 3 is 2.44 bits per heavy atom. The standard InChI is InChI=1S/C18H19N5O2/c24-13-17(14-7-3-1-4-8-14)20-18(25)19-11-15-12-23(22-21-15)16-9-5-2-6-10-16/h1-10,12,17,24H,11,13H2,(H2,19,20,25)/t17-/m1/s1. The van der Waals surface area contributed by atoms with Crippen LogP contribution >= 0.6 is 0 Å². The Balaban J connectivity index is 1.55. The normalized spacial score (nSPS) is 11.7. The van der Waals surface area contributed by atoms with Gasteiger partial charge in [-0.15, -0.1) is 5.10 Å². The maximum atomic E-state index is 12.0. The van der Waals surface area contributed by atoms with Crippen LogP contribution < -0.4 is 10.6 Å². The van der Waals surface area contributed by atoms with E-state index in [4.69, 9.17) is 0 Å². The second-order valence-corrected chi connectivity index (χ2v) is 5.46. The second kappa shape index (κ2) is 8.07. The first-order chi connectivity index (χ1) is 12.3. The molecule has 3 rings (SSSR count). The largest absolute Gasteiger partial charge is 0.394 e.